The third-order valence-electron chi connectivity index (χ3n) is 12.7. The van der Waals surface area contributed by atoms with Gasteiger partial charge in [0.1, 0.15) is 29.4 Å². The SMILES string of the molecule is COc1ccc(C(OC[C@H]2O[C@@H](n3cc(C#CCN4C(=O)c5ccccc5C4=O)c4c(=O)[nH]c(NCC(C)C)nc43)C[C@@H]2OP(OCCC#N)N(C(C)C)C(C)C)(c2ccccc2)c2ccc(OC)cc2)cc1. The second-order valence-electron chi connectivity index (χ2n) is 18.8. The van der Waals surface area contributed by atoms with E-state index in [0.717, 1.165) is 21.6 Å². The highest BCUT2D eigenvalue weighted by molar-refractivity contribution is 7.44. The zero-order valence-electron chi connectivity index (χ0n) is 42.5. The number of carbonyl (C=O) groups excluding carboxylic acids is 2. The average Bonchev–Trinajstić information content (AvgIpc) is 4.04. The molecule has 16 nitrogen and oxygen atoms in total. The molecule has 380 valence electrons. The van der Waals surface area contributed by atoms with Crippen LogP contribution in [0.1, 0.15) is 104 Å². The summed E-state index contributed by atoms with van der Waals surface area (Å²) >= 11 is 0. The van der Waals surface area contributed by atoms with Gasteiger partial charge in [0.25, 0.3) is 25.9 Å². The van der Waals surface area contributed by atoms with Crippen molar-refractivity contribution in [3.05, 3.63) is 153 Å². The maximum absolute atomic E-state index is 14.2. The third kappa shape index (κ3) is 11.2. The number of nitrogens with one attached hydrogen (secondary N) is 2. The molecule has 17 heteroatoms. The number of carbonyl (C=O) groups is 2. The van der Waals surface area contributed by atoms with Crippen molar-refractivity contribution in [3.8, 4) is 29.4 Å². The molecule has 4 heterocycles. The summed E-state index contributed by atoms with van der Waals surface area (Å²) in [5.74, 6) is 7.11. The van der Waals surface area contributed by atoms with E-state index in [1.54, 1.807) is 49.2 Å². The lowest BCUT2D eigenvalue weighted by Gasteiger charge is -2.39. The van der Waals surface area contributed by atoms with Crippen molar-refractivity contribution < 1.29 is 37.6 Å². The van der Waals surface area contributed by atoms with Crippen LogP contribution in [0.15, 0.2) is 114 Å². The molecule has 4 atom stereocenters. The Hall–Kier alpha value is -6.88. The molecule has 0 bridgehead atoms. The summed E-state index contributed by atoms with van der Waals surface area (Å²) in [5.41, 5.74) is 2.15. The fraction of sp³-hybridized carbons (Fsp3) is 0.375. The van der Waals surface area contributed by atoms with E-state index in [9.17, 15) is 19.6 Å². The first kappa shape index (κ1) is 52.4. The van der Waals surface area contributed by atoms with E-state index in [0.29, 0.717) is 40.4 Å². The minimum absolute atomic E-state index is 0.000194. The molecule has 2 aliphatic heterocycles. The normalized spacial score (nSPS) is 17.1. The number of anilines is 1. The first-order chi connectivity index (χ1) is 35.3. The van der Waals surface area contributed by atoms with Crippen LogP contribution in [-0.4, -0.2) is 101 Å². The Balaban J connectivity index is 1.23. The summed E-state index contributed by atoms with van der Waals surface area (Å²) in [6.45, 7) is 12.9. The molecule has 1 unspecified atom stereocenters. The summed E-state index contributed by atoms with van der Waals surface area (Å²) in [7, 11) is 1.49. The predicted molar refractivity (Wildman–Crippen MR) is 279 cm³/mol. The van der Waals surface area contributed by atoms with Crippen molar-refractivity contribution >= 4 is 37.3 Å². The molecule has 0 radical (unpaired) electrons. The largest absolute Gasteiger partial charge is 0.497 e. The van der Waals surface area contributed by atoms with Crippen LogP contribution < -0.4 is 20.3 Å². The van der Waals surface area contributed by atoms with Crippen molar-refractivity contribution in [2.24, 2.45) is 5.92 Å². The Morgan fingerprint density at radius 3 is 2.00 bits per heavy atom. The quantitative estimate of drug-likeness (QED) is 0.0229. The zero-order valence-corrected chi connectivity index (χ0v) is 43.4. The number of aromatic nitrogens is 3. The summed E-state index contributed by atoms with van der Waals surface area (Å²) in [6, 6.07) is 34.4. The van der Waals surface area contributed by atoms with Gasteiger partial charge in [-0.1, -0.05) is 92.4 Å². The number of amides is 2. The second kappa shape index (κ2) is 23.3. The first-order valence-electron chi connectivity index (χ1n) is 24.5. The highest BCUT2D eigenvalue weighted by atomic mass is 31.2. The molecule has 2 aromatic heterocycles. The monoisotopic (exact) mass is 1010 g/mol. The maximum atomic E-state index is 14.2. The molecule has 2 amide bonds. The first-order valence-corrected chi connectivity index (χ1v) is 25.6. The van der Waals surface area contributed by atoms with Gasteiger partial charge in [-0.3, -0.25) is 24.3 Å². The van der Waals surface area contributed by atoms with E-state index in [-0.39, 0.29) is 61.9 Å². The standard InChI is InChI=1S/C56H62N7O9P/c1-36(2)33-58-55-59-51-50(52(64)60-55)39(16-14-30-61-53(65)45-19-12-13-20-46(45)54(61)66)34-62(51)49-32-47(72-73(70-31-15-29-57)63(37(3)4)38(5)6)48(71-49)35-69-56(40-17-10-9-11-18-40,41-21-25-43(67-7)26-22-41)42-23-27-44(68-8)28-24-42/h9-13,17-28,34,36-38,47-49H,15,30-33,35H2,1-8H3,(H2,58,59,60,64)/t47-,48+,49+,73?/m0/s1. The lowest BCUT2D eigenvalue weighted by atomic mass is 9.80. The molecule has 2 aliphatic rings. The third-order valence-corrected chi connectivity index (χ3v) is 14.9. The Bertz CT molecular complexity index is 2960. The number of imide groups is 1. The maximum Gasteiger partial charge on any atom is 0.263 e. The second-order valence-corrected chi connectivity index (χ2v) is 20.2. The van der Waals surface area contributed by atoms with Crippen LogP contribution in [0.5, 0.6) is 11.5 Å². The van der Waals surface area contributed by atoms with Gasteiger partial charge in [0.2, 0.25) is 5.95 Å². The van der Waals surface area contributed by atoms with Crippen molar-refractivity contribution in [1.29, 1.82) is 5.26 Å². The Morgan fingerprint density at radius 1 is 0.849 bits per heavy atom. The minimum atomic E-state index is -1.76. The number of fused-ring (bicyclic) bond motifs is 2. The van der Waals surface area contributed by atoms with E-state index < -0.39 is 49.9 Å². The Kier molecular flexibility index (Phi) is 16.8. The van der Waals surface area contributed by atoms with Crippen molar-refractivity contribution in [3.63, 3.8) is 0 Å². The van der Waals surface area contributed by atoms with E-state index in [1.807, 2.05) is 78.9 Å². The molecule has 1 fully saturated rings. The van der Waals surface area contributed by atoms with Crippen molar-refractivity contribution in [1.82, 2.24) is 24.1 Å². The van der Waals surface area contributed by atoms with E-state index in [4.69, 9.17) is 33.0 Å². The fourth-order valence-corrected chi connectivity index (χ4v) is 11.0. The highest BCUT2D eigenvalue weighted by Gasteiger charge is 2.45. The molecule has 4 aromatic carbocycles. The summed E-state index contributed by atoms with van der Waals surface area (Å²) in [6.07, 6.45) is -0.0435. The van der Waals surface area contributed by atoms with Gasteiger partial charge in [0, 0.05) is 31.2 Å². The van der Waals surface area contributed by atoms with Crippen LogP contribution in [0.25, 0.3) is 11.0 Å². The Morgan fingerprint density at radius 2 is 1.44 bits per heavy atom. The number of H-pyrrole nitrogens is 1. The molecule has 0 spiro atoms. The number of nitriles is 1. The summed E-state index contributed by atoms with van der Waals surface area (Å²) in [4.78, 5) is 49.7. The molecule has 8 rings (SSSR count). The molecule has 1 saturated heterocycles. The molecule has 0 saturated carbocycles. The predicted octanol–water partition coefficient (Wildman–Crippen LogP) is 9.41. The smallest absolute Gasteiger partial charge is 0.263 e. The van der Waals surface area contributed by atoms with E-state index in [2.05, 4.69) is 74.4 Å². The summed E-state index contributed by atoms with van der Waals surface area (Å²) < 4.78 is 43.4. The highest BCUT2D eigenvalue weighted by Crippen LogP contribution is 2.51. The molecule has 0 aliphatic carbocycles. The number of ether oxygens (including phenoxy) is 4. The van der Waals surface area contributed by atoms with Gasteiger partial charge in [-0.15, -0.1) is 0 Å². The summed E-state index contributed by atoms with van der Waals surface area (Å²) in [5, 5.41) is 13.0. The zero-order chi connectivity index (χ0) is 51.8. The van der Waals surface area contributed by atoms with E-state index in [1.165, 1.54) is 0 Å². The van der Waals surface area contributed by atoms with Crippen LogP contribution >= 0.6 is 8.53 Å². The van der Waals surface area contributed by atoms with Gasteiger partial charge in [-0.2, -0.15) is 10.2 Å². The Labute approximate surface area is 427 Å². The van der Waals surface area contributed by atoms with Crippen LogP contribution in [0.2, 0.25) is 0 Å². The molecular formula is C56H62N7O9P. The van der Waals surface area contributed by atoms with Gasteiger partial charge in [0.05, 0.1) is 74.6 Å². The topological polar surface area (TPSA) is 182 Å². The molecule has 6 aromatic rings. The number of hydrogen-bond donors (Lipinski definition) is 2. The number of nitrogens with zero attached hydrogens (tertiary/aromatic N) is 5. The van der Waals surface area contributed by atoms with Crippen LogP contribution in [0.3, 0.4) is 0 Å². The lowest BCUT2D eigenvalue weighted by molar-refractivity contribution is -0.0911. The number of methoxy groups -OCH3 is 2. The van der Waals surface area contributed by atoms with Gasteiger partial charge in [0.15, 0.2) is 5.65 Å². The van der Waals surface area contributed by atoms with Crippen LogP contribution in [0, 0.1) is 29.1 Å². The van der Waals surface area contributed by atoms with Gasteiger partial charge < -0.3 is 37.9 Å². The van der Waals surface area contributed by atoms with Gasteiger partial charge >= 0.3 is 0 Å². The number of rotatable bonds is 21. The van der Waals surface area contributed by atoms with Crippen molar-refractivity contribution in [2.45, 2.75) is 90.5 Å². The van der Waals surface area contributed by atoms with Crippen LogP contribution in [-0.2, 0) is 24.1 Å². The van der Waals surface area contributed by atoms with E-state index >= 15 is 0 Å². The van der Waals surface area contributed by atoms with Gasteiger partial charge in [-0.05, 0) is 86.7 Å². The van der Waals surface area contributed by atoms with Gasteiger partial charge in [-0.25, -0.2) is 4.67 Å². The molecule has 2 N–H and O–H groups in total. The van der Waals surface area contributed by atoms with Crippen molar-refractivity contribution in [2.75, 3.05) is 45.8 Å². The average molecular weight is 1010 g/mol. The number of benzene rings is 4. The fourth-order valence-electron chi connectivity index (χ4n) is 9.27. The molecule has 73 heavy (non-hydrogen) atoms. The minimum Gasteiger partial charge on any atom is -0.497 e. The lowest BCUT2D eigenvalue weighted by Crippen LogP contribution is -2.39. The van der Waals surface area contributed by atoms with Crippen LogP contribution in [0.4, 0.5) is 5.95 Å². The molecular weight excluding hydrogens is 946 g/mol. The number of aromatic amines is 1. The number of hydrogen-bond acceptors (Lipinski definition) is 13.